The third-order valence-corrected chi connectivity index (χ3v) is 5.08. The summed E-state index contributed by atoms with van der Waals surface area (Å²) < 4.78 is 0. The van der Waals surface area contributed by atoms with E-state index < -0.39 is 0 Å². The highest BCUT2D eigenvalue weighted by Crippen LogP contribution is 2.47. The Labute approximate surface area is 130 Å². The van der Waals surface area contributed by atoms with Crippen LogP contribution in [0, 0.1) is 17.8 Å². The van der Waals surface area contributed by atoms with Crippen molar-refractivity contribution in [2.24, 2.45) is 5.41 Å². The summed E-state index contributed by atoms with van der Waals surface area (Å²) in [5, 5.41) is 0. The lowest BCUT2D eigenvalue weighted by Crippen LogP contribution is -2.16. The smallest absolute Gasteiger partial charge is 0.0274 e. The van der Waals surface area contributed by atoms with Gasteiger partial charge >= 0.3 is 0 Å². The molecule has 0 radical (unpaired) electrons. The molecule has 0 heterocycles. The molecule has 1 aromatic carbocycles. The van der Waals surface area contributed by atoms with Gasteiger partial charge in [-0.15, -0.1) is 6.42 Å². The Bertz CT molecular complexity index is 536. The molecule has 1 fully saturated rings. The Balaban J connectivity index is 2.18. The Kier molecular flexibility index (Phi) is 5.29. The van der Waals surface area contributed by atoms with Crippen molar-refractivity contribution >= 4 is 5.57 Å². The molecule has 0 aliphatic heterocycles. The molecule has 0 unspecified atom stereocenters. The van der Waals surface area contributed by atoms with Crippen LogP contribution in [0.2, 0.25) is 0 Å². The summed E-state index contributed by atoms with van der Waals surface area (Å²) in [6.07, 6.45) is 15.9. The van der Waals surface area contributed by atoms with E-state index in [0.29, 0.717) is 5.41 Å². The zero-order chi connectivity index (χ0) is 15.3. The first-order valence-electron chi connectivity index (χ1n) is 8.42. The van der Waals surface area contributed by atoms with Gasteiger partial charge in [-0.2, -0.15) is 0 Å². The highest BCUT2D eigenvalue weighted by atomic mass is 14.4. The van der Waals surface area contributed by atoms with Crippen LogP contribution in [0.15, 0.2) is 24.8 Å². The summed E-state index contributed by atoms with van der Waals surface area (Å²) in [7, 11) is 0. The molecule has 1 aliphatic rings. The van der Waals surface area contributed by atoms with Gasteiger partial charge in [0.05, 0.1) is 0 Å². The number of hydrogen-bond acceptors (Lipinski definition) is 0. The van der Waals surface area contributed by atoms with Crippen LogP contribution in [0.4, 0.5) is 0 Å². The third-order valence-electron chi connectivity index (χ3n) is 5.08. The lowest BCUT2D eigenvalue weighted by molar-refractivity contribution is 0.277. The fraction of sp³-hybridized carbons (Fsp3) is 0.524. The lowest BCUT2D eigenvalue weighted by Gasteiger charge is -2.30. The molecule has 1 aliphatic carbocycles. The highest BCUT2D eigenvalue weighted by molar-refractivity contribution is 5.66. The average molecular weight is 280 g/mol. The topological polar surface area (TPSA) is 0 Å². The van der Waals surface area contributed by atoms with Crippen molar-refractivity contribution in [3.63, 3.8) is 0 Å². The number of hydrogen-bond donors (Lipinski definition) is 0. The van der Waals surface area contributed by atoms with E-state index in [9.17, 15) is 0 Å². The van der Waals surface area contributed by atoms with Crippen LogP contribution in [-0.4, -0.2) is 0 Å². The molecular weight excluding hydrogens is 252 g/mol. The zero-order valence-corrected chi connectivity index (χ0v) is 13.7. The number of terminal acetylenes is 1. The van der Waals surface area contributed by atoms with Crippen LogP contribution >= 0.6 is 0 Å². The van der Waals surface area contributed by atoms with Gasteiger partial charge in [-0.05, 0) is 60.3 Å². The maximum absolute atomic E-state index is 5.57. The van der Waals surface area contributed by atoms with Gasteiger partial charge in [-0.3, -0.25) is 0 Å². The molecule has 0 aromatic heterocycles. The van der Waals surface area contributed by atoms with E-state index >= 15 is 0 Å². The second kappa shape index (κ2) is 6.99. The molecule has 0 amide bonds. The van der Waals surface area contributed by atoms with E-state index in [1.807, 2.05) is 0 Å². The van der Waals surface area contributed by atoms with Crippen molar-refractivity contribution in [2.75, 3.05) is 0 Å². The summed E-state index contributed by atoms with van der Waals surface area (Å²) >= 11 is 0. The van der Waals surface area contributed by atoms with Gasteiger partial charge in [0, 0.05) is 5.56 Å². The average Bonchev–Trinajstić information content (AvgIpc) is 2.95. The summed E-state index contributed by atoms with van der Waals surface area (Å²) in [6.45, 7) is 8.87. The minimum absolute atomic E-state index is 0.517. The predicted molar refractivity (Wildman–Crippen MR) is 93.2 cm³/mol. The monoisotopic (exact) mass is 280 g/mol. The summed E-state index contributed by atoms with van der Waals surface area (Å²) in [5.41, 5.74) is 5.39. The van der Waals surface area contributed by atoms with E-state index in [2.05, 4.69) is 44.5 Å². The molecule has 0 atom stereocenters. The molecule has 21 heavy (non-hydrogen) atoms. The summed E-state index contributed by atoms with van der Waals surface area (Å²) in [6, 6.07) is 6.50. The second-order valence-corrected chi connectivity index (χ2v) is 6.61. The van der Waals surface area contributed by atoms with E-state index in [-0.39, 0.29) is 0 Å². The van der Waals surface area contributed by atoms with Crippen LogP contribution in [-0.2, 0) is 6.42 Å². The molecule has 2 rings (SSSR count). The van der Waals surface area contributed by atoms with Crippen molar-refractivity contribution in [2.45, 2.75) is 65.2 Å². The maximum Gasteiger partial charge on any atom is 0.0274 e. The van der Waals surface area contributed by atoms with Gasteiger partial charge in [0.25, 0.3) is 0 Å². The molecule has 112 valence electrons. The van der Waals surface area contributed by atoms with Crippen molar-refractivity contribution in [3.8, 4) is 12.3 Å². The number of aryl methyl sites for hydroxylation is 1. The van der Waals surface area contributed by atoms with Gasteiger partial charge in [0.2, 0.25) is 0 Å². The van der Waals surface area contributed by atoms with Crippen molar-refractivity contribution in [1.82, 2.24) is 0 Å². The quantitative estimate of drug-likeness (QED) is 0.561. The normalized spacial score (nSPS) is 16.6. The fourth-order valence-corrected chi connectivity index (χ4v) is 3.97. The van der Waals surface area contributed by atoms with Crippen LogP contribution in [0.5, 0.6) is 0 Å². The van der Waals surface area contributed by atoms with Gasteiger partial charge in [-0.25, -0.2) is 0 Å². The van der Waals surface area contributed by atoms with E-state index in [1.54, 1.807) is 0 Å². The fourth-order valence-electron chi connectivity index (χ4n) is 3.97. The summed E-state index contributed by atoms with van der Waals surface area (Å²) in [5.74, 6) is 2.78. The zero-order valence-electron chi connectivity index (χ0n) is 13.7. The summed E-state index contributed by atoms with van der Waals surface area (Å²) in [4.78, 5) is 0. The standard InChI is InChI=1S/C21H28/c1-5-12-21(13-8-9-14-21)16-17(4)20-11-10-18(6-2)19(7-3)15-20/h2,10-11,15H,4-5,7-9,12-14,16H2,1,3H3. The first-order valence-corrected chi connectivity index (χ1v) is 8.42. The Morgan fingerprint density at radius 1 is 1.29 bits per heavy atom. The molecule has 0 spiro atoms. The highest BCUT2D eigenvalue weighted by Gasteiger charge is 2.33. The largest absolute Gasteiger partial charge is 0.115 e. The van der Waals surface area contributed by atoms with E-state index in [0.717, 1.165) is 18.4 Å². The number of rotatable bonds is 6. The van der Waals surface area contributed by atoms with Crippen LogP contribution in [0.3, 0.4) is 0 Å². The molecule has 1 saturated carbocycles. The Morgan fingerprint density at radius 3 is 2.57 bits per heavy atom. The third kappa shape index (κ3) is 3.59. The van der Waals surface area contributed by atoms with Crippen molar-refractivity contribution < 1.29 is 0 Å². The predicted octanol–water partition coefficient (Wildman–Crippen LogP) is 5.99. The maximum atomic E-state index is 5.57. The van der Waals surface area contributed by atoms with Crippen LogP contribution in [0.1, 0.15) is 75.5 Å². The van der Waals surface area contributed by atoms with Gasteiger partial charge in [0.1, 0.15) is 0 Å². The first-order chi connectivity index (χ1) is 10.1. The molecular formula is C21H28. The second-order valence-electron chi connectivity index (χ2n) is 6.61. The number of benzene rings is 1. The molecule has 0 N–H and O–H groups in total. The SMILES string of the molecule is C#Cc1ccc(C(=C)CC2(CCC)CCCC2)cc1CC. The minimum Gasteiger partial charge on any atom is -0.115 e. The minimum atomic E-state index is 0.517. The first kappa shape index (κ1) is 15.9. The van der Waals surface area contributed by atoms with E-state index in [4.69, 9.17) is 6.42 Å². The molecule has 0 heteroatoms. The Morgan fingerprint density at radius 2 is 2.00 bits per heavy atom. The van der Waals surface area contributed by atoms with Crippen molar-refractivity contribution in [3.05, 3.63) is 41.5 Å². The van der Waals surface area contributed by atoms with Gasteiger partial charge in [-0.1, -0.05) is 57.7 Å². The molecule has 0 nitrogen and oxygen atoms in total. The van der Waals surface area contributed by atoms with Gasteiger partial charge in [0.15, 0.2) is 0 Å². The van der Waals surface area contributed by atoms with Crippen molar-refractivity contribution in [1.29, 1.82) is 0 Å². The molecule has 0 saturated heterocycles. The van der Waals surface area contributed by atoms with Gasteiger partial charge < -0.3 is 0 Å². The Hall–Kier alpha value is -1.48. The molecule has 1 aromatic rings. The van der Waals surface area contributed by atoms with E-state index in [1.165, 1.54) is 55.2 Å². The van der Waals surface area contributed by atoms with Crippen LogP contribution in [0.25, 0.3) is 5.57 Å². The number of allylic oxidation sites excluding steroid dienone is 1. The molecule has 0 bridgehead atoms. The van der Waals surface area contributed by atoms with Crippen LogP contribution < -0.4 is 0 Å². The lowest BCUT2D eigenvalue weighted by atomic mass is 9.75.